The fraction of sp³-hybridized carbons (Fsp3) is 0.414. The third-order valence-corrected chi connectivity index (χ3v) is 9.45. The van der Waals surface area contributed by atoms with E-state index in [4.69, 9.17) is 21.0 Å². The molecule has 0 radical (unpaired) electrons. The predicted octanol–water partition coefficient (Wildman–Crippen LogP) is 2.64. The van der Waals surface area contributed by atoms with Crippen molar-refractivity contribution in [1.82, 2.24) is 30.0 Å². The normalized spacial score (nSPS) is 22.2. The number of pyridine rings is 1. The second-order valence-electron chi connectivity index (χ2n) is 11.4. The molecule has 1 aliphatic carbocycles. The highest BCUT2D eigenvalue weighted by atomic mass is 32.1. The summed E-state index contributed by atoms with van der Waals surface area (Å²) in [6, 6.07) is 3.54. The number of aromatic nitrogens is 5. The number of Topliss-reactive ketones (excluding diaryl/α,β-unsaturated/α-hetero) is 1. The first-order valence-electron chi connectivity index (χ1n) is 14.3. The minimum absolute atomic E-state index is 0.0152. The van der Waals surface area contributed by atoms with Gasteiger partial charge in [0.2, 0.25) is 5.88 Å². The van der Waals surface area contributed by atoms with Gasteiger partial charge in [-0.15, -0.1) is 11.3 Å². The van der Waals surface area contributed by atoms with Gasteiger partial charge in [-0.1, -0.05) is 0 Å². The number of ketones is 1. The first kappa shape index (κ1) is 29.4. The molecule has 0 aromatic carbocycles. The molecule has 5 heterocycles. The van der Waals surface area contributed by atoms with E-state index in [1.165, 1.54) is 31.0 Å². The number of primary amides is 1. The SMILES string of the molecule is COc1nc(-c2cc(N3CCC[C@H]([C@H]4CC(=O)CC[C@@]4(C)ONC(=O)c4cncs4)C3)c3cncnn23)cc(N)c1C(N)=O. The summed E-state index contributed by atoms with van der Waals surface area (Å²) in [5.74, 6) is -0.850. The Morgan fingerprint density at radius 1 is 1.23 bits per heavy atom. The van der Waals surface area contributed by atoms with Crippen LogP contribution in [0.4, 0.5) is 11.4 Å². The number of hydrogen-bond donors (Lipinski definition) is 3. The van der Waals surface area contributed by atoms with Gasteiger partial charge in [-0.3, -0.25) is 24.2 Å². The van der Waals surface area contributed by atoms with Crippen LogP contribution >= 0.6 is 11.3 Å². The number of thiazole rings is 1. The molecule has 4 aromatic rings. The van der Waals surface area contributed by atoms with Gasteiger partial charge in [-0.2, -0.15) is 5.10 Å². The maximum atomic E-state index is 12.7. The van der Waals surface area contributed by atoms with Gasteiger partial charge in [0.1, 0.15) is 28.1 Å². The Kier molecular flexibility index (Phi) is 7.90. The highest BCUT2D eigenvalue weighted by Gasteiger charge is 2.46. The van der Waals surface area contributed by atoms with Crippen LogP contribution in [0.3, 0.4) is 0 Å². The van der Waals surface area contributed by atoms with Crippen LogP contribution in [0.15, 0.2) is 36.4 Å². The smallest absolute Gasteiger partial charge is 0.286 e. The van der Waals surface area contributed by atoms with Crippen LogP contribution in [-0.2, 0) is 9.63 Å². The maximum Gasteiger partial charge on any atom is 0.286 e. The molecule has 14 nitrogen and oxygen atoms in total. The van der Waals surface area contributed by atoms with Crippen molar-refractivity contribution in [3.8, 4) is 17.3 Å². The summed E-state index contributed by atoms with van der Waals surface area (Å²) in [5, 5.41) is 4.48. The van der Waals surface area contributed by atoms with E-state index < -0.39 is 11.5 Å². The van der Waals surface area contributed by atoms with Crippen molar-refractivity contribution in [1.29, 1.82) is 0 Å². The molecule has 2 fully saturated rings. The molecule has 0 bridgehead atoms. The summed E-state index contributed by atoms with van der Waals surface area (Å²) in [4.78, 5) is 58.9. The number of ether oxygens (including phenoxy) is 1. The number of rotatable bonds is 8. The summed E-state index contributed by atoms with van der Waals surface area (Å²) in [7, 11) is 1.40. The number of nitrogen functional groups attached to an aromatic ring is 1. The molecular weight excluding hydrogens is 586 g/mol. The number of nitrogens with two attached hydrogens (primary N) is 2. The molecule has 0 unspecified atom stereocenters. The molecule has 1 saturated heterocycles. The van der Waals surface area contributed by atoms with E-state index in [-0.39, 0.29) is 40.7 Å². The quantitative estimate of drug-likeness (QED) is 0.246. The molecule has 15 heteroatoms. The van der Waals surface area contributed by atoms with Gasteiger partial charge in [-0.05, 0) is 44.2 Å². The molecule has 6 rings (SSSR count). The average molecular weight is 620 g/mol. The second-order valence-corrected chi connectivity index (χ2v) is 12.3. The fourth-order valence-electron chi connectivity index (χ4n) is 6.46. The summed E-state index contributed by atoms with van der Waals surface area (Å²) in [6.45, 7) is 3.42. The number of hydroxylamine groups is 1. The van der Waals surface area contributed by atoms with Crippen LogP contribution in [0.2, 0.25) is 0 Å². The van der Waals surface area contributed by atoms with Crippen molar-refractivity contribution >= 4 is 45.8 Å². The van der Waals surface area contributed by atoms with E-state index in [1.54, 1.807) is 22.3 Å². The van der Waals surface area contributed by atoms with Crippen molar-refractivity contribution in [2.45, 2.75) is 44.6 Å². The number of piperidine rings is 1. The molecule has 5 N–H and O–H groups in total. The molecule has 2 amide bonds. The Morgan fingerprint density at radius 3 is 2.82 bits per heavy atom. The lowest BCUT2D eigenvalue weighted by Crippen LogP contribution is -2.53. The third kappa shape index (κ3) is 5.43. The number of anilines is 2. The maximum absolute atomic E-state index is 12.7. The van der Waals surface area contributed by atoms with Gasteiger partial charge >= 0.3 is 0 Å². The first-order valence-corrected chi connectivity index (χ1v) is 15.2. The van der Waals surface area contributed by atoms with E-state index >= 15 is 0 Å². The molecule has 0 spiro atoms. The van der Waals surface area contributed by atoms with Gasteiger partial charge in [0.05, 0.1) is 53.4 Å². The lowest BCUT2D eigenvalue weighted by Gasteiger charge is -2.47. The largest absolute Gasteiger partial charge is 0.480 e. The third-order valence-electron chi connectivity index (χ3n) is 8.67. The van der Waals surface area contributed by atoms with E-state index in [2.05, 4.69) is 30.4 Å². The monoisotopic (exact) mass is 619 g/mol. The van der Waals surface area contributed by atoms with Crippen LogP contribution in [0.25, 0.3) is 16.9 Å². The lowest BCUT2D eigenvalue weighted by atomic mass is 9.67. The molecular formula is C29H33N9O5S. The fourth-order valence-corrected chi connectivity index (χ4v) is 6.97. The summed E-state index contributed by atoms with van der Waals surface area (Å²) in [6.07, 6.45) is 7.78. The van der Waals surface area contributed by atoms with Gasteiger partial charge in [0, 0.05) is 31.8 Å². The Morgan fingerprint density at radius 2 is 2.07 bits per heavy atom. The number of fused-ring (bicyclic) bond motifs is 1. The highest BCUT2D eigenvalue weighted by molar-refractivity contribution is 7.11. The zero-order valence-corrected chi connectivity index (χ0v) is 25.2. The molecule has 44 heavy (non-hydrogen) atoms. The standard InChI is InChI=1S/C29H33N9O5S/c1-29(43-36-27(41)24-12-33-15-44-24)6-5-17(39)8-18(29)16-4-3-7-37(13-16)22-10-21(38-23(22)11-32-14-34-38)20-9-19(30)25(26(31)40)28(35-20)42-2/h9-12,14-16,18H,3-8,13H2,1-2H3,(H2,30,35)(H2,31,40)(H,36,41)/t16-,18+,29+/m0/s1. The summed E-state index contributed by atoms with van der Waals surface area (Å²) in [5.41, 5.74) is 18.1. The van der Waals surface area contributed by atoms with E-state index in [1.807, 2.05) is 13.0 Å². The van der Waals surface area contributed by atoms with E-state index in [0.717, 1.165) is 30.6 Å². The zero-order valence-electron chi connectivity index (χ0n) is 24.4. The Labute approximate surface area is 256 Å². The summed E-state index contributed by atoms with van der Waals surface area (Å²) >= 11 is 1.23. The van der Waals surface area contributed by atoms with Crippen molar-refractivity contribution in [3.63, 3.8) is 0 Å². The molecule has 1 saturated carbocycles. The van der Waals surface area contributed by atoms with Crippen molar-refractivity contribution < 1.29 is 24.0 Å². The molecule has 230 valence electrons. The number of methoxy groups -OCH3 is 1. The number of hydrogen-bond acceptors (Lipinski definition) is 12. The minimum atomic E-state index is -0.735. The molecule has 4 aromatic heterocycles. The lowest BCUT2D eigenvalue weighted by molar-refractivity contribution is -0.158. The predicted molar refractivity (Wildman–Crippen MR) is 162 cm³/mol. The van der Waals surface area contributed by atoms with Crippen LogP contribution in [0, 0.1) is 11.8 Å². The highest BCUT2D eigenvalue weighted by Crippen LogP contribution is 2.44. The molecule has 3 atom stereocenters. The average Bonchev–Trinajstić information content (AvgIpc) is 3.70. The van der Waals surface area contributed by atoms with Crippen molar-refractivity contribution in [2.24, 2.45) is 17.6 Å². The van der Waals surface area contributed by atoms with E-state index in [0.29, 0.717) is 42.1 Å². The van der Waals surface area contributed by atoms with E-state index in [9.17, 15) is 14.4 Å². The Hall–Kier alpha value is -4.63. The zero-order chi connectivity index (χ0) is 31.0. The van der Waals surface area contributed by atoms with Crippen molar-refractivity contribution in [3.05, 3.63) is 46.8 Å². The van der Waals surface area contributed by atoms with Gasteiger partial charge in [0.15, 0.2) is 0 Å². The molecule has 2 aliphatic rings. The second kappa shape index (κ2) is 11.8. The van der Waals surface area contributed by atoms with Crippen LogP contribution in [0.1, 0.15) is 59.1 Å². The molecule has 1 aliphatic heterocycles. The van der Waals surface area contributed by atoms with Crippen LogP contribution in [0.5, 0.6) is 5.88 Å². The number of amides is 2. The number of carbonyl (C=O) groups excluding carboxylic acids is 3. The summed E-state index contributed by atoms with van der Waals surface area (Å²) < 4.78 is 7.06. The number of nitrogens with zero attached hydrogens (tertiary/aromatic N) is 6. The Bertz CT molecular complexity index is 1730. The van der Waals surface area contributed by atoms with Crippen LogP contribution in [-0.4, -0.2) is 68.0 Å². The van der Waals surface area contributed by atoms with Crippen molar-refractivity contribution in [2.75, 3.05) is 30.8 Å². The van der Waals surface area contributed by atoms with Crippen LogP contribution < -0.4 is 26.6 Å². The van der Waals surface area contributed by atoms with Gasteiger partial charge < -0.3 is 21.1 Å². The number of nitrogens with one attached hydrogen (secondary N) is 1. The topological polar surface area (TPSA) is 193 Å². The first-order chi connectivity index (χ1) is 21.2. The van der Waals surface area contributed by atoms with Gasteiger partial charge in [-0.25, -0.2) is 20.0 Å². The van der Waals surface area contributed by atoms with Gasteiger partial charge in [0.25, 0.3) is 11.8 Å². The minimum Gasteiger partial charge on any atom is -0.480 e. The Balaban J connectivity index is 1.30. The number of carbonyl (C=O) groups is 3.